The lowest BCUT2D eigenvalue weighted by atomic mass is 10.1. The second kappa shape index (κ2) is 12.0. The van der Waals surface area contributed by atoms with Crippen LogP contribution in [0.5, 0.6) is 11.5 Å². The smallest absolute Gasteiger partial charge is 0.233 e. The Morgan fingerprint density at radius 1 is 1.20 bits per heavy atom. The van der Waals surface area contributed by atoms with Crippen molar-refractivity contribution >= 4 is 17.7 Å². The molecule has 0 saturated heterocycles. The van der Waals surface area contributed by atoms with Crippen LogP contribution in [0.4, 0.5) is 0 Å². The third-order valence-corrected chi connectivity index (χ3v) is 5.06. The highest BCUT2D eigenvalue weighted by atomic mass is 32.2. The molecule has 2 atom stereocenters. The molecule has 25 heavy (non-hydrogen) atoms. The number of methoxy groups -OCH3 is 2. The van der Waals surface area contributed by atoms with Crippen LogP contribution in [0, 0.1) is 0 Å². The summed E-state index contributed by atoms with van der Waals surface area (Å²) in [6, 6.07) is 5.63. The fourth-order valence-electron chi connectivity index (χ4n) is 2.20. The van der Waals surface area contributed by atoms with E-state index in [1.54, 1.807) is 26.0 Å². The number of thioether (sulfide) groups is 1. The van der Waals surface area contributed by atoms with Crippen molar-refractivity contribution in [2.45, 2.75) is 44.9 Å². The molecule has 1 N–H and O–H groups in total. The second-order valence-corrected chi connectivity index (χ2v) is 7.30. The van der Waals surface area contributed by atoms with Crippen molar-refractivity contribution < 1.29 is 19.0 Å². The molecule has 0 heterocycles. The number of carbonyl (C=O) groups is 1. The third-order valence-electron chi connectivity index (χ3n) is 3.83. The van der Waals surface area contributed by atoms with Gasteiger partial charge in [0.15, 0.2) is 11.5 Å². The average Bonchev–Trinajstić information content (AvgIpc) is 2.62. The van der Waals surface area contributed by atoms with Crippen molar-refractivity contribution in [2.24, 2.45) is 0 Å². The fourth-order valence-corrected chi connectivity index (χ4v) is 3.23. The summed E-state index contributed by atoms with van der Waals surface area (Å²) >= 11 is 1.70. The number of amides is 1. The number of benzene rings is 1. The van der Waals surface area contributed by atoms with E-state index < -0.39 is 0 Å². The molecule has 5 nitrogen and oxygen atoms in total. The van der Waals surface area contributed by atoms with Crippen LogP contribution in [-0.4, -0.2) is 44.3 Å². The van der Waals surface area contributed by atoms with Crippen LogP contribution < -0.4 is 14.8 Å². The first-order valence-corrected chi connectivity index (χ1v) is 9.80. The van der Waals surface area contributed by atoms with Gasteiger partial charge in [0, 0.05) is 7.11 Å². The molecule has 2 unspecified atom stereocenters. The monoisotopic (exact) mass is 369 g/mol. The Morgan fingerprint density at radius 3 is 2.60 bits per heavy atom. The molecule has 0 spiro atoms. The zero-order valence-corrected chi connectivity index (χ0v) is 16.8. The van der Waals surface area contributed by atoms with Crippen LogP contribution >= 0.6 is 11.8 Å². The first-order chi connectivity index (χ1) is 12.0. The van der Waals surface area contributed by atoms with E-state index >= 15 is 0 Å². The molecular weight excluding hydrogens is 338 g/mol. The molecule has 0 aromatic heterocycles. The SMILES string of the molecule is CCCCSC(C)C(=O)NC(C)c1ccc(OCCOC)c(OC)c1. The molecule has 1 rings (SSSR count). The average molecular weight is 370 g/mol. The van der Waals surface area contributed by atoms with E-state index in [2.05, 4.69) is 12.2 Å². The second-order valence-electron chi connectivity index (χ2n) is 5.85. The molecule has 6 heteroatoms. The topological polar surface area (TPSA) is 56.8 Å². The maximum absolute atomic E-state index is 12.3. The molecule has 1 aromatic rings. The molecule has 0 saturated carbocycles. The van der Waals surface area contributed by atoms with Gasteiger partial charge in [-0.1, -0.05) is 19.4 Å². The van der Waals surface area contributed by atoms with E-state index in [-0.39, 0.29) is 17.2 Å². The Kier molecular flexibility index (Phi) is 10.4. The molecule has 0 aliphatic heterocycles. The molecule has 0 radical (unpaired) electrons. The highest BCUT2D eigenvalue weighted by molar-refractivity contribution is 8.00. The highest BCUT2D eigenvalue weighted by Crippen LogP contribution is 2.30. The van der Waals surface area contributed by atoms with Gasteiger partial charge in [-0.3, -0.25) is 4.79 Å². The van der Waals surface area contributed by atoms with Crippen molar-refractivity contribution in [1.82, 2.24) is 5.32 Å². The highest BCUT2D eigenvalue weighted by Gasteiger charge is 2.17. The summed E-state index contributed by atoms with van der Waals surface area (Å²) in [6.07, 6.45) is 2.29. The van der Waals surface area contributed by atoms with Crippen LogP contribution in [0.15, 0.2) is 18.2 Å². The summed E-state index contributed by atoms with van der Waals surface area (Å²) in [4.78, 5) is 12.3. The van der Waals surface area contributed by atoms with Gasteiger partial charge >= 0.3 is 0 Å². The molecule has 0 fully saturated rings. The van der Waals surface area contributed by atoms with Crippen molar-refractivity contribution in [2.75, 3.05) is 33.2 Å². The van der Waals surface area contributed by atoms with Crippen molar-refractivity contribution in [3.8, 4) is 11.5 Å². The summed E-state index contributed by atoms with van der Waals surface area (Å²) in [5.41, 5.74) is 0.982. The van der Waals surface area contributed by atoms with Gasteiger partial charge in [-0.2, -0.15) is 0 Å². The largest absolute Gasteiger partial charge is 0.493 e. The number of ether oxygens (including phenoxy) is 3. The van der Waals surface area contributed by atoms with E-state index in [0.29, 0.717) is 24.7 Å². The molecule has 1 amide bonds. The Balaban J connectivity index is 2.65. The van der Waals surface area contributed by atoms with Gasteiger partial charge in [-0.15, -0.1) is 11.8 Å². The summed E-state index contributed by atoms with van der Waals surface area (Å²) in [5.74, 6) is 2.40. The first kappa shape index (κ1) is 21.6. The minimum atomic E-state index is -0.0938. The van der Waals surface area contributed by atoms with Crippen LogP contribution in [0.3, 0.4) is 0 Å². The molecule has 0 aliphatic carbocycles. The lowest BCUT2D eigenvalue weighted by Gasteiger charge is -2.19. The third kappa shape index (κ3) is 7.57. The molecule has 1 aromatic carbocycles. The van der Waals surface area contributed by atoms with Crippen LogP contribution in [0.25, 0.3) is 0 Å². The van der Waals surface area contributed by atoms with Gasteiger partial charge in [-0.05, 0) is 43.7 Å². The summed E-state index contributed by atoms with van der Waals surface area (Å²) < 4.78 is 16.0. The summed E-state index contributed by atoms with van der Waals surface area (Å²) in [5, 5.41) is 3.02. The van der Waals surface area contributed by atoms with E-state index in [1.807, 2.05) is 32.0 Å². The van der Waals surface area contributed by atoms with Gasteiger partial charge in [0.2, 0.25) is 5.91 Å². The van der Waals surface area contributed by atoms with Crippen molar-refractivity contribution in [3.63, 3.8) is 0 Å². The predicted octanol–water partition coefficient (Wildman–Crippen LogP) is 3.82. The van der Waals surface area contributed by atoms with Crippen LogP contribution in [0.1, 0.15) is 45.2 Å². The Bertz CT molecular complexity index is 524. The number of hydrogen-bond donors (Lipinski definition) is 1. The Morgan fingerprint density at radius 2 is 1.96 bits per heavy atom. The molecule has 0 aliphatic rings. The standard InChI is InChI=1S/C19H31NO4S/c1-6-7-12-25-15(3)19(21)20-14(2)16-8-9-17(18(13-16)23-5)24-11-10-22-4/h8-9,13-15H,6-7,10-12H2,1-5H3,(H,20,21). The van der Waals surface area contributed by atoms with Gasteiger partial charge in [0.1, 0.15) is 6.61 Å². The van der Waals surface area contributed by atoms with Gasteiger partial charge in [0.25, 0.3) is 0 Å². The number of unbranched alkanes of at least 4 members (excludes halogenated alkanes) is 1. The van der Waals surface area contributed by atoms with Crippen LogP contribution in [0.2, 0.25) is 0 Å². The Labute approximate surface area is 155 Å². The van der Waals surface area contributed by atoms with Gasteiger partial charge < -0.3 is 19.5 Å². The summed E-state index contributed by atoms with van der Waals surface area (Å²) in [6.45, 7) is 7.07. The number of nitrogens with one attached hydrogen (secondary N) is 1. The zero-order valence-electron chi connectivity index (χ0n) is 16.0. The predicted molar refractivity (Wildman–Crippen MR) is 104 cm³/mol. The summed E-state index contributed by atoms with van der Waals surface area (Å²) in [7, 11) is 3.24. The number of hydrogen-bond acceptors (Lipinski definition) is 5. The van der Waals surface area contributed by atoms with Gasteiger partial charge in [0.05, 0.1) is 25.0 Å². The lowest BCUT2D eigenvalue weighted by molar-refractivity contribution is -0.120. The number of rotatable bonds is 12. The normalized spacial score (nSPS) is 13.2. The van der Waals surface area contributed by atoms with Crippen LogP contribution in [-0.2, 0) is 9.53 Å². The molecule has 142 valence electrons. The molecular formula is C19H31NO4S. The van der Waals surface area contributed by atoms with Crippen molar-refractivity contribution in [3.05, 3.63) is 23.8 Å². The zero-order chi connectivity index (χ0) is 18.7. The Hall–Kier alpha value is -1.40. The fraction of sp³-hybridized carbons (Fsp3) is 0.632. The minimum Gasteiger partial charge on any atom is -0.493 e. The van der Waals surface area contributed by atoms with Gasteiger partial charge in [-0.25, -0.2) is 0 Å². The van der Waals surface area contributed by atoms with E-state index in [4.69, 9.17) is 14.2 Å². The minimum absolute atomic E-state index is 0.0486. The van der Waals surface area contributed by atoms with E-state index in [1.165, 1.54) is 0 Å². The number of carbonyl (C=O) groups excluding carboxylic acids is 1. The quantitative estimate of drug-likeness (QED) is 0.568. The lowest BCUT2D eigenvalue weighted by Crippen LogP contribution is -2.33. The van der Waals surface area contributed by atoms with E-state index in [9.17, 15) is 4.79 Å². The van der Waals surface area contributed by atoms with E-state index in [0.717, 1.165) is 24.2 Å². The maximum atomic E-state index is 12.3. The first-order valence-electron chi connectivity index (χ1n) is 8.75. The molecule has 0 bridgehead atoms. The maximum Gasteiger partial charge on any atom is 0.233 e. The van der Waals surface area contributed by atoms with Crippen molar-refractivity contribution in [1.29, 1.82) is 0 Å².